The normalized spacial score (nSPS) is 22.2. The monoisotopic (exact) mass is 371 g/mol. The lowest BCUT2D eigenvalue weighted by atomic mass is 9.97. The summed E-state index contributed by atoms with van der Waals surface area (Å²) in [7, 11) is 1.70. The highest BCUT2D eigenvalue weighted by molar-refractivity contribution is 8.56. The molecule has 0 bridgehead atoms. The van der Waals surface area contributed by atoms with E-state index in [2.05, 4.69) is 21.8 Å². The minimum Gasteiger partial charge on any atom is -0.497 e. The van der Waals surface area contributed by atoms with E-state index in [1.165, 1.54) is 57.2 Å². The van der Waals surface area contributed by atoms with Crippen LogP contribution < -0.4 is 10.1 Å². The van der Waals surface area contributed by atoms with Gasteiger partial charge in [-0.15, -0.1) is 0 Å². The summed E-state index contributed by atoms with van der Waals surface area (Å²) in [5.74, 6) is 0.925. The molecule has 2 heterocycles. The molecular formula is C17H28N2OPS2+. The topological polar surface area (TPSA) is 24.5 Å². The van der Waals surface area contributed by atoms with E-state index in [4.69, 9.17) is 16.5 Å². The Morgan fingerprint density at radius 1 is 1.13 bits per heavy atom. The predicted molar refractivity (Wildman–Crippen MR) is 106 cm³/mol. The lowest BCUT2D eigenvalue weighted by Gasteiger charge is -2.31. The van der Waals surface area contributed by atoms with Gasteiger partial charge in [-0.3, -0.25) is 0 Å². The van der Waals surface area contributed by atoms with E-state index in [1.807, 2.05) is 23.7 Å². The van der Waals surface area contributed by atoms with Crippen molar-refractivity contribution in [1.82, 2.24) is 9.62 Å². The van der Waals surface area contributed by atoms with E-state index >= 15 is 0 Å². The van der Waals surface area contributed by atoms with Gasteiger partial charge in [-0.1, -0.05) is 25.0 Å². The minimum atomic E-state index is 0.518. The van der Waals surface area contributed by atoms with Gasteiger partial charge in [0.15, 0.2) is 23.4 Å². The maximum Gasteiger partial charge on any atom is 0.247 e. The number of methoxy groups -OCH3 is 1. The first-order valence-corrected chi connectivity index (χ1v) is 12.1. The number of hydrogen-bond donors (Lipinski definition) is 1. The van der Waals surface area contributed by atoms with Crippen LogP contribution in [0.3, 0.4) is 0 Å². The van der Waals surface area contributed by atoms with Crippen LogP contribution in [0.4, 0.5) is 0 Å². The van der Waals surface area contributed by atoms with E-state index in [0.29, 0.717) is 12.6 Å². The van der Waals surface area contributed by atoms with Crippen LogP contribution in [-0.2, 0) is 11.8 Å². The maximum absolute atomic E-state index is 5.20. The van der Waals surface area contributed by atoms with Gasteiger partial charge in [0.1, 0.15) is 5.75 Å². The molecule has 2 fully saturated rings. The number of benzene rings is 1. The number of ether oxygens (including phenoxy) is 1. The van der Waals surface area contributed by atoms with Crippen molar-refractivity contribution in [2.45, 2.75) is 44.6 Å². The van der Waals surface area contributed by atoms with E-state index in [1.54, 1.807) is 7.11 Å². The van der Waals surface area contributed by atoms with E-state index in [0.717, 1.165) is 12.3 Å². The Balaban J connectivity index is 0.000000268. The standard InChI is InChI=1S/C12H16NOPS2.C5H11N/c1-14-11-7-5-10(6-8-11)12-4-2-3-9-13(12)17-15-16;1-2-4-6-5-3-1/h5-8,12H,2-4,9H2,1H3;6H,1-5H2/p+1. The number of rotatable bonds is 4. The van der Waals surface area contributed by atoms with Crippen molar-refractivity contribution >= 4 is 29.9 Å². The van der Waals surface area contributed by atoms with Crippen molar-refractivity contribution in [1.29, 1.82) is 0 Å². The minimum absolute atomic E-state index is 0.518. The maximum atomic E-state index is 5.20. The Morgan fingerprint density at radius 2 is 1.87 bits per heavy atom. The lowest BCUT2D eigenvalue weighted by Crippen LogP contribution is -2.26. The summed E-state index contributed by atoms with van der Waals surface area (Å²) >= 11 is 6.91. The fraction of sp³-hybridized carbons (Fsp3) is 0.647. The summed E-state index contributed by atoms with van der Waals surface area (Å²) in [5, 5.41) is 3.28. The molecule has 1 aromatic carbocycles. The average molecular weight is 372 g/mol. The highest BCUT2D eigenvalue weighted by Gasteiger charge is 2.26. The van der Waals surface area contributed by atoms with Crippen LogP contribution in [0.1, 0.15) is 50.1 Å². The van der Waals surface area contributed by atoms with E-state index in [9.17, 15) is 0 Å². The van der Waals surface area contributed by atoms with Crippen LogP contribution in [-0.4, -0.2) is 31.0 Å². The Morgan fingerprint density at radius 3 is 2.39 bits per heavy atom. The molecule has 0 radical (unpaired) electrons. The van der Waals surface area contributed by atoms with Crippen molar-refractivity contribution < 1.29 is 4.74 Å². The van der Waals surface area contributed by atoms with Crippen LogP contribution in [0.15, 0.2) is 24.3 Å². The van der Waals surface area contributed by atoms with E-state index in [-0.39, 0.29) is 0 Å². The average Bonchev–Trinajstić information content (AvgIpc) is 2.65. The largest absolute Gasteiger partial charge is 0.497 e. The van der Waals surface area contributed by atoms with Crippen molar-refractivity contribution in [2.24, 2.45) is 0 Å². The molecule has 2 saturated heterocycles. The Hall–Kier alpha value is -0.190. The summed E-state index contributed by atoms with van der Waals surface area (Å²) in [6.07, 6.45) is 8.06. The van der Waals surface area contributed by atoms with Gasteiger partial charge in [0.2, 0.25) is 6.56 Å². The van der Waals surface area contributed by atoms with Crippen LogP contribution in [0.2, 0.25) is 0 Å². The second kappa shape index (κ2) is 11.4. The molecule has 2 aliphatic rings. The number of piperidine rings is 2. The third-order valence-corrected chi connectivity index (χ3v) is 6.66. The van der Waals surface area contributed by atoms with Gasteiger partial charge in [0.05, 0.1) is 7.11 Å². The second-order valence-electron chi connectivity index (χ2n) is 5.91. The Kier molecular flexibility index (Phi) is 9.47. The third kappa shape index (κ3) is 6.67. The zero-order chi connectivity index (χ0) is 16.3. The molecule has 0 amide bonds. The summed E-state index contributed by atoms with van der Waals surface area (Å²) < 4.78 is 7.65. The Bertz CT molecular complexity index is 443. The molecule has 0 spiro atoms. The van der Waals surface area contributed by atoms with Gasteiger partial charge in [-0.2, -0.15) is 0 Å². The van der Waals surface area contributed by atoms with Crippen molar-refractivity contribution in [2.75, 3.05) is 26.7 Å². The third-order valence-electron chi connectivity index (χ3n) is 4.32. The van der Waals surface area contributed by atoms with Gasteiger partial charge in [-0.05, 0) is 56.5 Å². The zero-order valence-corrected chi connectivity index (χ0v) is 16.6. The zero-order valence-electron chi connectivity index (χ0n) is 13.9. The first-order valence-electron chi connectivity index (χ1n) is 8.50. The SMILES string of the molecule is C1CCNCC1.COc1ccc(C2CCCCN2S[PH+]=S)cc1. The Labute approximate surface area is 151 Å². The molecule has 2 aliphatic heterocycles. The molecule has 6 heteroatoms. The smallest absolute Gasteiger partial charge is 0.247 e. The molecule has 0 aromatic heterocycles. The predicted octanol–water partition coefficient (Wildman–Crippen LogP) is 4.69. The molecule has 2 atom stereocenters. The highest BCUT2D eigenvalue weighted by Crippen LogP contribution is 2.39. The fourth-order valence-corrected chi connectivity index (χ4v) is 5.50. The summed E-state index contributed by atoms with van der Waals surface area (Å²) in [6, 6.07) is 8.96. The van der Waals surface area contributed by atoms with Crippen molar-refractivity contribution in [3.63, 3.8) is 0 Å². The van der Waals surface area contributed by atoms with Crippen LogP contribution in [0.25, 0.3) is 0 Å². The molecule has 0 aliphatic carbocycles. The number of nitrogens with one attached hydrogen (secondary N) is 1. The molecule has 2 unspecified atom stereocenters. The van der Waals surface area contributed by atoms with Gasteiger partial charge >= 0.3 is 0 Å². The molecule has 1 aromatic rings. The van der Waals surface area contributed by atoms with E-state index < -0.39 is 0 Å². The molecule has 1 N–H and O–H groups in total. The number of nitrogens with zero attached hydrogens (tertiary/aromatic N) is 1. The molecule has 23 heavy (non-hydrogen) atoms. The lowest BCUT2D eigenvalue weighted by molar-refractivity contribution is 0.281. The molecule has 3 nitrogen and oxygen atoms in total. The van der Waals surface area contributed by atoms with Gasteiger partial charge in [0, 0.05) is 12.6 Å². The summed E-state index contributed by atoms with van der Waals surface area (Å²) in [6.45, 7) is 4.18. The van der Waals surface area contributed by atoms with Gasteiger partial charge < -0.3 is 10.1 Å². The van der Waals surface area contributed by atoms with Crippen molar-refractivity contribution in [3.05, 3.63) is 29.8 Å². The molecule has 3 rings (SSSR count). The fourth-order valence-electron chi connectivity index (χ4n) is 3.02. The highest BCUT2D eigenvalue weighted by atomic mass is 32.9. The molecule has 128 valence electrons. The van der Waals surface area contributed by atoms with Crippen LogP contribution >= 0.6 is 18.1 Å². The second-order valence-corrected chi connectivity index (χ2v) is 9.28. The first kappa shape index (κ1) is 19.1. The van der Waals surface area contributed by atoms with Gasteiger partial charge in [-0.25, -0.2) is 4.31 Å². The molecular weight excluding hydrogens is 343 g/mol. The number of hydrogen-bond acceptors (Lipinski definition) is 5. The molecule has 0 saturated carbocycles. The van der Waals surface area contributed by atoms with Crippen LogP contribution in [0, 0.1) is 0 Å². The summed E-state index contributed by atoms with van der Waals surface area (Å²) in [4.78, 5) is 0. The van der Waals surface area contributed by atoms with Crippen LogP contribution in [0.5, 0.6) is 5.75 Å². The van der Waals surface area contributed by atoms with Crippen molar-refractivity contribution in [3.8, 4) is 5.75 Å². The quantitative estimate of drug-likeness (QED) is 0.612. The van der Waals surface area contributed by atoms with Gasteiger partial charge in [0.25, 0.3) is 0 Å². The summed E-state index contributed by atoms with van der Waals surface area (Å²) in [5.41, 5.74) is 1.38. The first-order chi connectivity index (χ1) is 11.3.